The quantitative estimate of drug-likeness (QED) is 0.477. The summed E-state index contributed by atoms with van der Waals surface area (Å²) in [5.41, 5.74) is 4.18. The van der Waals surface area contributed by atoms with E-state index < -0.39 is 10.0 Å². The maximum absolute atomic E-state index is 11.7. The van der Waals surface area contributed by atoms with Gasteiger partial charge in [-0.3, -0.25) is 0 Å². The van der Waals surface area contributed by atoms with Gasteiger partial charge < -0.3 is 14.6 Å². The van der Waals surface area contributed by atoms with E-state index in [0.29, 0.717) is 35.1 Å². The van der Waals surface area contributed by atoms with Gasteiger partial charge in [0.05, 0.1) is 17.4 Å². The van der Waals surface area contributed by atoms with Crippen LogP contribution in [0.4, 0.5) is 0 Å². The number of sulfonamides is 1. The van der Waals surface area contributed by atoms with E-state index in [1.54, 1.807) is 18.2 Å². The zero-order valence-corrected chi connectivity index (χ0v) is 20.1. The van der Waals surface area contributed by atoms with E-state index in [2.05, 4.69) is 26.2 Å². The fraction of sp³-hybridized carbons (Fsp3) is 0.375. The van der Waals surface area contributed by atoms with E-state index in [4.69, 9.17) is 9.26 Å². The number of fused-ring (bicyclic) bond motifs is 1. The van der Waals surface area contributed by atoms with Crippen LogP contribution in [0.3, 0.4) is 0 Å². The molecule has 2 aromatic carbocycles. The molecule has 1 heterocycles. The number of hydrogen-bond donors (Lipinski definition) is 2. The highest BCUT2D eigenvalue weighted by atomic mass is 32.2. The molecule has 0 spiro atoms. The van der Waals surface area contributed by atoms with Gasteiger partial charge in [0.2, 0.25) is 15.8 Å². The first-order chi connectivity index (χ1) is 16.3. The number of aromatic nitrogens is 2. The fourth-order valence-electron chi connectivity index (χ4n) is 4.10. The minimum Gasteiger partial charge on any atom is -0.490 e. The molecule has 1 aliphatic carbocycles. The maximum Gasteiger partial charge on any atom is 0.258 e. The van der Waals surface area contributed by atoms with Gasteiger partial charge in [0.1, 0.15) is 11.8 Å². The second-order valence-corrected chi connectivity index (χ2v) is 10.4. The molecule has 0 bridgehead atoms. The van der Waals surface area contributed by atoms with Gasteiger partial charge in [-0.25, -0.2) is 13.1 Å². The van der Waals surface area contributed by atoms with Crippen molar-refractivity contribution in [2.45, 2.75) is 38.8 Å². The molecule has 0 amide bonds. The first kappa shape index (κ1) is 23.9. The summed E-state index contributed by atoms with van der Waals surface area (Å²) in [6.07, 6.45) is 1.64. The predicted molar refractivity (Wildman–Crippen MR) is 128 cm³/mol. The summed E-state index contributed by atoms with van der Waals surface area (Å²) in [5, 5.41) is 17.0. The number of ether oxygens (including phenoxy) is 1. The Kier molecular flexibility index (Phi) is 6.97. The predicted octanol–water partition coefficient (Wildman–Crippen LogP) is 3.19. The Bertz CT molecular complexity index is 1330. The van der Waals surface area contributed by atoms with Gasteiger partial charge in [-0.15, -0.1) is 0 Å². The average Bonchev–Trinajstić information content (AvgIpc) is 3.47. The van der Waals surface area contributed by atoms with Crippen LogP contribution in [0.1, 0.15) is 43.0 Å². The van der Waals surface area contributed by atoms with Crippen LogP contribution in [-0.4, -0.2) is 44.0 Å². The highest BCUT2D eigenvalue weighted by molar-refractivity contribution is 7.89. The van der Waals surface area contributed by atoms with Crippen molar-refractivity contribution in [2.24, 2.45) is 0 Å². The lowest BCUT2D eigenvalue weighted by Gasteiger charge is -2.14. The van der Waals surface area contributed by atoms with E-state index in [9.17, 15) is 13.7 Å². The van der Waals surface area contributed by atoms with E-state index in [-0.39, 0.29) is 17.9 Å². The second-order valence-electron chi connectivity index (χ2n) is 8.35. The zero-order chi connectivity index (χ0) is 24.3. The SMILES string of the molecule is CNS(=O)(=O)CCNC1CCc2c(-c3noc(-c4ccc(OC(C)C)c(C#N)c4)n3)cccc21. The molecule has 10 heteroatoms. The minimum atomic E-state index is -3.25. The Morgan fingerprint density at radius 2 is 2.12 bits per heavy atom. The van der Waals surface area contributed by atoms with Crippen LogP contribution in [0.5, 0.6) is 5.75 Å². The van der Waals surface area contributed by atoms with Crippen molar-refractivity contribution < 1.29 is 17.7 Å². The lowest BCUT2D eigenvalue weighted by molar-refractivity contribution is 0.241. The van der Waals surface area contributed by atoms with Gasteiger partial charge in [-0.1, -0.05) is 23.4 Å². The standard InChI is InChI=1S/C24H27N5O4S/c1-15(2)32-22-10-7-16(13-17(22)14-25)24-28-23(29-33-24)20-6-4-5-19-18(20)8-9-21(19)27-11-12-34(30,31)26-3/h4-7,10,13,15,21,26-27H,8-9,11-12H2,1-3H3. The third-order valence-electron chi connectivity index (χ3n) is 5.72. The van der Waals surface area contributed by atoms with Crippen LogP contribution in [0.25, 0.3) is 22.8 Å². The summed E-state index contributed by atoms with van der Waals surface area (Å²) in [6, 6.07) is 13.4. The molecule has 4 rings (SSSR count). The normalized spacial score (nSPS) is 15.3. The van der Waals surface area contributed by atoms with Crippen molar-refractivity contribution >= 4 is 10.0 Å². The third kappa shape index (κ3) is 5.12. The molecule has 1 atom stereocenters. The summed E-state index contributed by atoms with van der Waals surface area (Å²) in [6.45, 7) is 4.17. The van der Waals surface area contributed by atoms with Crippen molar-refractivity contribution in [1.29, 1.82) is 5.26 Å². The molecule has 34 heavy (non-hydrogen) atoms. The number of rotatable bonds is 9. The molecule has 1 unspecified atom stereocenters. The molecule has 0 radical (unpaired) electrons. The molecule has 9 nitrogen and oxygen atoms in total. The maximum atomic E-state index is 11.7. The van der Waals surface area contributed by atoms with Crippen molar-refractivity contribution in [1.82, 2.24) is 20.2 Å². The number of nitrogens with one attached hydrogen (secondary N) is 2. The van der Waals surface area contributed by atoms with Crippen LogP contribution >= 0.6 is 0 Å². The first-order valence-electron chi connectivity index (χ1n) is 11.1. The summed E-state index contributed by atoms with van der Waals surface area (Å²) in [7, 11) is -1.83. The molecule has 178 valence electrons. The summed E-state index contributed by atoms with van der Waals surface area (Å²) in [5.74, 6) is 1.34. The van der Waals surface area contributed by atoms with Crippen LogP contribution in [0, 0.1) is 11.3 Å². The Hall–Kier alpha value is -3.26. The summed E-state index contributed by atoms with van der Waals surface area (Å²) in [4.78, 5) is 4.59. The average molecular weight is 482 g/mol. The van der Waals surface area contributed by atoms with Gasteiger partial charge in [0.25, 0.3) is 5.89 Å². The van der Waals surface area contributed by atoms with Gasteiger partial charge in [-0.2, -0.15) is 10.2 Å². The zero-order valence-electron chi connectivity index (χ0n) is 19.3. The third-order valence-corrected chi connectivity index (χ3v) is 7.08. The fourth-order valence-corrected chi connectivity index (χ4v) is 4.69. The minimum absolute atomic E-state index is 0.0227. The summed E-state index contributed by atoms with van der Waals surface area (Å²) < 4.78 is 36.9. The molecular weight excluding hydrogens is 454 g/mol. The molecule has 2 N–H and O–H groups in total. The van der Waals surface area contributed by atoms with Gasteiger partial charge in [0.15, 0.2) is 0 Å². The van der Waals surface area contributed by atoms with Gasteiger partial charge >= 0.3 is 0 Å². The van der Waals surface area contributed by atoms with E-state index >= 15 is 0 Å². The van der Waals surface area contributed by atoms with Crippen LogP contribution < -0.4 is 14.8 Å². The van der Waals surface area contributed by atoms with Crippen LogP contribution in [0.15, 0.2) is 40.9 Å². The molecule has 3 aromatic rings. The largest absolute Gasteiger partial charge is 0.490 e. The lowest BCUT2D eigenvalue weighted by atomic mass is 10.0. The Morgan fingerprint density at radius 1 is 1.29 bits per heavy atom. The Balaban J connectivity index is 1.55. The Morgan fingerprint density at radius 3 is 2.85 bits per heavy atom. The number of nitrogens with zero attached hydrogens (tertiary/aromatic N) is 3. The van der Waals surface area contributed by atoms with E-state index in [1.165, 1.54) is 7.05 Å². The molecule has 1 aromatic heterocycles. The first-order valence-corrected chi connectivity index (χ1v) is 12.8. The van der Waals surface area contributed by atoms with E-state index in [0.717, 1.165) is 29.5 Å². The van der Waals surface area contributed by atoms with Crippen molar-refractivity contribution in [2.75, 3.05) is 19.3 Å². The highest BCUT2D eigenvalue weighted by Gasteiger charge is 2.26. The monoisotopic (exact) mass is 481 g/mol. The lowest BCUT2D eigenvalue weighted by Crippen LogP contribution is -2.31. The Labute approximate surface area is 199 Å². The molecule has 0 saturated heterocycles. The molecule has 0 aliphatic heterocycles. The van der Waals surface area contributed by atoms with Crippen molar-refractivity contribution in [3.05, 3.63) is 53.1 Å². The topological polar surface area (TPSA) is 130 Å². The van der Waals surface area contributed by atoms with Crippen LogP contribution in [-0.2, 0) is 16.4 Å². The van der Waals surface area contributed by atoms with Gasteiger partial charge in [-0.05, 0) is 63.1 Å². The van der Waals surface area contributed by atoms with Crippen molar-refractivity contribution in [3.63, 3.8) is 0 Å². The number of hydrogen-bond acceptors (Lipinski definition) is 8. The highest BCUT2D eigenvalue weighted by Crippen LogP contribution is 2.37. The van der Waals surface area contributed by atoms with E-state index in [1.807, 2.05) is 32.0 Å². The molecule has 1 aliphatic rings. The number of nitriles is 1. The number of benzene rings is 2. The van der Waals surface area contributed by atoms with Crippen molar-refractivity contribution in [3.8, 4) is 34.7 Å². The molecule has 0 fully saturated rings. The smallest absolute Gasteiger partial charge is 0.258 e. The molecule has 0 saturated carbocycles. The second kappa shape index (κ2) is 9.93. The molecular formula is C24H27N5O4S. The van der Waals surface area contributed by atoms with Gasteiger partial charge in [0, 0.05) is 23.7 Å². The van der Waals surface area contributed by atoms with Crippen LogP contribution in [0.2, 0.25) is 0 Å². The summed E-state index contributed by atoms with van der Waals surface area (Å²) >= 11 is 0.